The SMILES string of the molecule is Cc1nc2c(NS(=O)(=O)c3ccc4c(c3)CCC(=O)N4)c(Cl)ccc2s1. The molecule has 0 bridgehead atoms. The molecular formula is C17H14ClN3O3S2. The van der Waals surface area contributed by atoms with E-state index < -0.39 is 10.0 Å². The quantitative estimate of drug-likeness (QED) is 0.688. The zero-order valence-corrected chi connectivity index (χ0v) is 16.1. The van der Waals surface area contributed by atoms with Gasteiger partial charge in [0.25, 0.3) is 10.0 Å². The Balaban J connectivity index is 1.75. The molecule has 3 aromatic rings. The molecule has 1 aromatic heterocycles. The highest BCUT2D eigenvalue weighted by Gasteiger charge is 2.22. The molecule has 0 unspecified atom stereocenters. The number of hydrogen-bond donors (Lipinski definition) is 2. The number of hydrogen-bond acceptors (Lipinski definition) is 5. The van der Waals surface area contributed by atoms with Crippen molar-refractivity contribution in [1.29, 1.82) is 0 Å². The first-order valence-corrected chi connectivity index (χ1v) is 10.5. The van der Waals surface area contributed by atoms with Gasteiger partial charge in [-0.2, -0.15) is 0 Å². The predicted molar refractivity (Wildman–Crippen MR) is 104 cm³/mol. The highest BCUT2D eigenvalue weighted by atomic mass is 35.5. The van der Waals surface area contributed by atoms with Crippen molar-refractivity contribution in [3.05, 3.63) is 45.9 Å². The molecule has 4 rings (SSSR count). The molecule has 0 saturated carbocycles. The lowest BCUT2D eigenvalue weighted by molar-refractivity contribution is -0.116. The smallest absolute Gasteiger partial charge is 0.262 e. The van der Waals surface area contributed by atoms with E-state index in [1.165, 1.54) is 17.4 Å². The lowest BCUT2D eigenvalue weighted by Gasteiger charge is -2.18. The molecule has 134 valence electrons. The van der Waals surface area contributed by atoms with E-state index in [2.05, 4.69) is 15.0 Å². The number of carbonyl (C=O) groups excluding carboxylic acids is 1. The molecular weight excluding hydrogens is 394 g/mol. The maximum atomic E-state index is 12.9. The molecule has 1 aliphatic heterocycles. The number of halogens is 1. The van der Waals surface area contributed by atoms with Gasteiger partial charge in [-0.25, -0.2) is 13.4 Å². The van der Waals surface area contributed by atoms with Gasteiger partial charge in [0, 0.05) is 12.1 Å². The average molecular weight is 408 g/mol. The molecule has 1 amide bonds. The minimum Gasteiger partial charge on any atom is -0.326 e. The largest absolute Gasteiger partial charge is 0.326 e. The Labute approximate surface area is 159 Å². The minimum atomic E-state index is -3.85. The Morgan fingerprint density at radius 1 is 1.23 bits per heavy atom. The van der Waals surface area contributed by atoms with E-state index in [1.54, 1.807) is 18.2 Å². The third-order valence-corrected chi connectivity index (χ3v) is 6.73. The van der Waals surface area contributed by atoms with Crippen LogP contribution < -0.4 is 10.0 Å². The number of sulfonamides is 1. The van der Waals surface area contributed by atoms with Crippen LogP contribution in [0.3, 0.4) is 0 Å². The van der Waals surface area contributed by atoms with Gasteiger partial charge in [-0.1, -0.05) is 11.6 Å². The molecule has 0 aliphatic carbocycles. The second-order valence-electron chi connectivity index (χ2n) is 5.97. The molecule has 2 aromatic carbocycles. The van der Waals surface area contributed by atoms with Crippen molar-refractivity contribution in [2.75, 3.05) is 10.0 Å². The topological polar surface area (TPSA) is 88.2 Å². The summed E-state index contributed by atoms with van der Waals surface area (Å²) in [6.45, 7) is 1.86. The molecule has 0 spiro atoms. The van der Waals surface area contributed by atoms with E-state index in [0.717, 1.165) is 15.3 Å². The number of amides is 1. The maximum Gasteiger partial charge on any atom is 0.262 e. The summed E-state index contributed by atoms with van der Waals surface area (Å²) in [6, 6.07) is 8.13. The van der Waals surface area contributed by atoms with E-state index >= 15 is 0 Å². The number of aryl methyl sites for hydroxylation is 2. The van der Waals surface area contributed by atoms with Crippen molar-refractivity contribution in [2.24, 2.45) is 0 Å². The van der Waals surface area contributed by atoms with Gasteiger partial charge in [0.2, 0.25) is 5.91 Å². The summed E-state index contributed by atoms with van der Waals surface area (Å²) >= 11 is 7.70. The van der Waals surface area contributed by atoms with Crippen LogP contribution in [0.5, 0.6) is 0 Å². The van der Waals surface area contributed by atoms with Gasteiger partial charge in [0.05, 0.1) is 25.3 Å². The van der Waals surface area contributed by atoms with Gasteiger partial charge < -0.3 is 5.32 Å². The van der Waals surface area contributed by atoms with E-state index in [0.29, 0.717) is 24.0 Å². The Morgan fingerprint density at radius 2 is 2.04 bits per heavy atom. The Kier molecular flexibility index (Phi) is 4.13. The number of fused-ring (bicyclic) bond motifs is 2. The molecule has 9 heteroatoms. The van der Waals surface area contributed by atoms with Gasteiger partial charge in [-0.15, -0.1) is 11.3 Å². The van der Waals surface area contributed by atoms with E-state index in [4.69, 9.17) is 11.6 Å². The normalized spacial score (nSPS) is 14.2. The molecule has 0 radical (unpaired) electrons. The monoisotopic (exact) mass is 407 g/mol. The van der Waals surface area contributed by atoms with E-state index in [1.807, 2.05) is 13.0 Å². The molecule has 2 heterocycles. The summed E-state index contributed by atoms with van der Waals surface area (Å²) in [7, 11) is -3.85. The first-order chi connectivity index (χ1) is 12.3. The number of thiazole rings is 1. The molecule has 0 fully saturated rings. The first-order valence-electron chi connectivity index (χ1n) is 7.85. The standard InChI is InChI=1S/C17H14ClN3O3S2/c1-9-19-17-14(25-9)6-4-12(18)16(17)21-26(23,24)11-3-5-13-10(8-11)2-7-15(22)20-13/h3-6,8,21H,2,7H2,1H3,(H,20,22). The van der Waals surface area contributed by atoms with Gasteiger partial charge >= 0.3 is 0 Å². The zero-order chi connectivity index (χ0) is 18.5. The number of nitrogens with one attached hydrogen (secondary N) is 2. The maximum absolute atomic E-state index is 12.9. The number of carbonyl (C=O) groups is 1. The van der Waals surface area contributed by atoms with Crippen molar-refractivity contribution >= 4 is 60.5 Å². The Bertz CT molecular complexity index is 1160. The van der Waals surface area contributed by atoms with Crippen LogP contribution in [0.4, 0.5) is 11.4 Å². The molecule has 0 saturated heterocycles. The van der Waals surface area contributed by atoms with Crippen LogP contribution in [0, 0.1) is 6.92 Å². The number of rotatable bonds is 3. The molecule has 26 heavy (non-hydrogen) atoms. The molecule has 0 atom stereocenters. The molecule has 6 nitrogen and oxygen atoms in total. The third-order valence-electron chi connectivity index (χ3n) is 4.14. The number of nitrogens with zero attached hydrogens (tertiary/aromatic N) is 1. The van der Waals surface area contributed by atoms with Crippen LogP contribution in [-0.2, 0) is 21.2 Å². The summed E-state index contributed by atoms with van der Waals surface area (Å²) in [5.74, 6) is -0.0661. The number of anilines is 2. The second-order valence-corrected chi connectivity index (χ2v) is 9.30. The van der Waals surface area contributed by atoms with Crippen molar-refractivity contribution < 1.29 is 13.2 Å². The van der Waals surface area contributed by atoms with Crippen LogP contribution in [0.15, 0.2) is 35.2 Å². The first kappa shape index (κ1) is 17.3. The molecule has 2 N–H and O–H groups in total. The fourth-order valence-electron chi connectivity index (χ4n) is 2.90. The van der Waals surface area contributed by atoms with Crippen molar-refractivity contribution in [1.82, 2.24) is 4.98 Å². The highest BCUT2D eigenvalue weighted by molar-refractivity contribution is 7.92. The summed E-state index contributed by atoms with van der Waals surface area (Å²) in [6.07, 6.45) is 0.847. The van der Waals surface area contributed by atoms with Gasteiger partial charge in [-0.05, 0) is 49.2 Å². The summed E-state index contributed by atoms with van der Waals surface area (Å²) in [4.78, 5) is 16.0. The van der Waals surface area contributed by atoms with E-state index in [-0.39, 0.29) is 21.5 Å². The van der Waals surface area contributed by atoms with Crippen LogP contribution in [-0.4, -0.2) is 19.3 Å². The van der Waals surface area contributed by atoms with Crippen LogP contribution in [0.25, 0.3) is 10.2 Å². The Hall–Kier alpha value is -2.16. The third kappa shape index (κ3) is 3.04. The summed E-state index contributed by atoms with van der Waals surface area (Å²) in [5, 5.41) is 3.86. The minimum absolute atomic E-state index is 0.0661. The number of aromatic nitrogens is 1. The number of benzene rings is 2. The van der Waals surface area contributed by atoms with Crippen molar-refractivity contribution in [2.45, 2.75) is 24.7 Å². The van der Waals surface area contributed by atoms with Crippen LogP contribution in [0.2, 0.25) is 5.02 Å². The Morgan fingerprint density at radius 3 is 2.85 bits per heavy atom. The lowest BCUT2D eigenvalue weighted by Crippen LogP contribution is -2.20. The zero-order valence-electron chi connectivity index (χ0n) is 13.7. The second kappa shape index (κ2) is 6.22. The van der Waals surface area contributed by atoms with Gasteiger partial charge in [-0.3, -0.25) is 9.52 Å². The summed E-state index contributed by atoms with van der Waals surface area (Å²) in [5.41, 5.74) is 2.25. The van der Waals surface area contributed by atoms with Gasteiger partial charge in [0.1, 0.15) is 5.52 Å². The molecule has 1 aliphatic rings. The van der Waals surface area contributed by atoms with Crippen LogP contribution >= 0.6 is 22.9 Å². The van der Waals surface area contributed by atoms with Gasteiger partial charge in [0.15, 0.2) is 0 Å². The fourth-order valence-corrected chi connectivity index (χ4v) is 5.13. The lowest BCUT2D eigenvalue weighted by atomic mass is 10.0. The average Bonchev–Trinajstić information content (AvgIpc) is 2.98. The van der Waals surface area contributed by atoms with E-state index in [9.17, 15) is 13.2 Å². The van der Waals surface area contributed by atoms with Crippen LogP contribution in [0.1, 0.15) is 17.0 Å². The fraction of sp³-hybridized carbons (Fsp3) is 0.176. The highest BCUT2D eigenvalue weighted by Crippen LogP contribution is 2.35. The van der Waals surface area contributed by atoms with Crippen molar-refractivity contribution in [3.63, 3.8) is 0 Å². The van der Waals surface area contributed by atoms with Crippen molar-refractivity contribution in [3.8, 4) is 0 Å². The summed E-state index contributed by atoms with van der Waals surface area (Å²) < 4.78 is 29.2. The predicted octanol–water partition coefficient (Wildman–Crippen LogP) is 3.94.